The first-order valence-corrected chi connectivity index (χ1v) is 5.31. The molecular weight excluding hydrogens is 238 g/mol. The maximum Gasteiger partial charge on any atom is 0.165 e. The van der Waals surface area contributed by atoms with Gasteiger partial charge in [0.1, 0.15) is 6.07 Å². The fourth-order valence-electron chi connectivity index (χ4n) is 1.51. The number of halogens is 1. The third kappa shape index (κ3) is 1.83. The van der Waals surface area contributed by atoms with E-state index >= 15 is 0 Å². The number of pyridine rings is 1. The Labute approximate surface area is 103 Å². The van der Waals surface area contributed by atoms with Crippen molar-refractivity contribution in [1.82, 2.24) is 14.8 Å². The van der Waals surface area contributed by atoms with Gasteiger partial charge in [-0.25, -0.2) is 9.67 Å². The van der Waals surface area contributed by atoms with Crippen LogP contribution in [-0.4, -0.2) is 14.8 Å². The summed E-state index contributed by atoms with van der Waals surface area (Å²) >= 11 is 6.05. The smallest absolute Gasteiger partial charge is 0.165 e. The Morgan fingerprint density at radius 3 is 2.65 bits per heavy atom. The fourth-order valence-corrected chi connectivity index (χ4v) is 1.63. The van der Waals surface area contributed by atoms with Gasteiger partial charge < -0.3 is 5.73 Å². The molecule has 0 aromatic carbocycles. The van der Waals surface area contributed by atoms with E-state index in [4.69, 9.17) is 22.6 Å². The summed E-state index contributed by atoms with van der Waals surface area (Å²) in [6.07, 6.45) is 0. The van der Waals surface area contributed by atoms with Crippen molar-refractivity contribution in [2.45, 2.75) is 13.8 Å². The second-order valence-corrected chi connectivity index (χ2v) is 3.99. The Bertz CT molecular complexity index is 624. The van der Waals surface area contributed by atoms with Crippen LogP contribution in [0.3, 0.4) is 0 Å². The first kappa shape index (κ1) is 11.4. The molecule has 17 heavy (non-hydrogen) atoms. The summed E-state index contributed by atoms with van der Waals surface area (Å²) in [5.41, 5.74) is 7.65. The first-order valence-electron chi connectivity index (χ1n) is 4.93. The Kier molecular flexibility index (Phi) is 2.74. The SMILES string of the molecule is Cc1nn(-c2ccc(N)c(C#N)n2)c(C)c1Cl. The minimum absolute atomic E-state index is 0.186. The summed E-state index contributed by atoms with van der Waals surface area (Å²) in [5, 5.41) is 13.7. The van der Waals surface area contributed by atoms with Crippen molar-refractivity contribution in [2.24, 2.45) is 0 Å². The number of rotatable bonds is 1. The predicted octanol–water partition coefficient (Wildman–Crippen LogP) is 1.99. The quantitative estimate of drug-likeness (QED) is 0.836. The van der Waals surface area contributed by atoms with Gasteiger partial charge in [-0.1, -0.05) is 11.6 Å². The van der Waals surface area contributed by atoms with Gasteiger partial charge in [-0.05, 0) is 26.0 Å². The summed E-state index contributed by atoms with van der Waals surface area (Å²) in [7, 11) is 0. The van der Waals surface area contributed by atoms with Crippen molar-refractivity contribution in [1.29, 1.82) is 5.26 Å². The van der Waals surface area contributed by atoms with E-state index in [1.165, 1.54) is 0 Å². The van der Waals surface area contributed by atoms with Gasteiger partial charge in [0.25, 0.3) is 0 Å². The van der Waals surface area contributed by atoms with Crippen LogP contribution >= 0.6 is 11.6 Å². The zero-order valence-electron chi connectivity index (χ0n) is 9.40. The summed E-state index contributed by atoms with van der Waals surface area (Å²) in [4.78, 5) is 4.13. The number of nitrogens with two attached hydrogens (primary N) is 1. The minimum Gasteiger partial charge on any atom is -0.396 e. The summed E-state index contributed by atoms with van der Waals surface area (Å²) < 4.78 is 1.60. The van der Waals surface area contributed by atoms with Crippen LogP contribution in [0.5, 0.6) is 0 Å². The molecule has 0 aliphatic carbocycles. The van der Waals surface area contributed by atoms with E-state index in [1.54, 1.807) is 16.8 Å². The molecule has 0 amide bonds. The van der Waals surface area contributed by atoms with Crippen LogP contribution in [0.25, 0.3) is 5.82 Å². The number of nitrogen functional groups attached to an aromatic ring is 1. The Morgan fingerprint density at radius 2 is 2.12 bits per heavy atom. The molecule has 0 aliphatic rings. The fraction of sp³-hybridized carbons (Fsp3) is 0.182. The third-order valence-corrected chi connectivity index (χ3v) is 2.98. The van der Waals surface area contributed by atoms with E-state index in [9.17, 15) is 0 Å². The van der Waals surface area contributed by atoms with Crippen LogP contribution in [-0.2, 0) is 0 Å². The molecule has 0 radical (unpaired) electrons. The normalized spacial score (nSPS) is 10.2. The van der Waals surface area contributed by atoms with E-state index in [0.29, 0.717) is 16.5 Å². The number of nitrogens with zero attached hydrogens (tertiary/aromatic N) is 4. The lowest BCUT2D eigenvalue weighted by Gasteiger charge is -2.04. The second kappa shape index (κ2) is 4.07. The van der Waals surface area contributed by atoms with Gasteiger partial charge >= 0.3 is 0 Å². The van der Waals surface area contributed by atoms with Crippen LogP contribution < -0.4 is 5.73 Å². The number of aromatic nitrogens is 3. The topological polar surface area (TPSA) is 80.5 Å². The average Bonchev–Trinajstić information content (AvgIpc) is 2.58. The molecule has 0 saturated heterocycles. The van der Waals surface area contributed by atoms with Crippen LogP contribution in [0.4, 0.5) is 5.69 Å². The first-order chi connectivity index (χ1) is 8.04. The predicted molar refractivity (Wildman–Crippen MR) is 65.0 cm³/mol. The highest BCUT2D eigenvalue weighted by atomic mass is 35.5. The molecule has 2 heterocycles. The molecule has 0 fully saturated rings. The molecule has 0 unspecified atom stereocenters. The number of hydrogen-bond acceptors (Lipinski definition) is 4. The molecule has 2 N–H and O–H groups in total. The van der Waals surface area contributed by atoms with Crippen molar-refractivity contribution in [3.05, 3.63) is 34.2 Å². The van der Waals surface area contributed by atoms with Crippen LogP contribution in [0.15, 0.2) is 12.1 Å². The van der Waals surface area contributed by atoms with E-state index in [2.05, 4.69) is 10.1 Å². The van der Waals surface area contributed by atoms with Crippen molar-refractivity contribution < 1.29 is 0 Å². The minimum atomic E-state index is 0.186. The molecule has 5 nitrogen and oxygen atoms in total. The second-order valence-electron chi connectivity index (χ2n) is 3.62. The van der Waals surface area contributed by atoms with Crippen molar-refractivity contribution >= 4 is 17.3 Å². The van der Waals surface area contributed by atoms with Gasteiger partial charge in [0.2, 0.25) is 0 Å². The Morgan fingerprint density at radius 1 is 1.41 bits per heavy atom. The van der Waals surface area contributed by atoms with Gasteiger partial charge in [-0.3, -0.25) is 0 Å². The lowest BCUT2D eigenvalue weighted by Crippen LogP contribution is -2.04. The van der Waals surface area contributed by atoms with Gasteiger partial charge in [0, 0.05) is 0 Å². The molecule has 2 aromatic heterocycles. The molecule has 0 aliphatic heterocycles. The molecule has 0 bridgehead atoms. The molecule has 0 spiro atoms. The van der Waals surface area contributed by atoms with Crippen molar-refractivity contribution in [2.75, 3.05) is 5.73 Å². The molecule has 2 aromatic rings. The monoisotopic (exact) mass is 247 g/mol. The highest BCUT2D eigenvalue weighted by Crippen LogP contribution is 2.22. The van der Waals surface area contributed by atoms with Gasteiger partial charge in [-0.15, -0.1) is 0 Å². The molecule has 6 heteroatoms. The van der Waals surface area contributed by atoms with E-state index < -0.39 is 0 Å². The van der Waals surface area contributed by atoms with Crippen molar-refractivity contribution in [3.8, 4) is 11.9 Å². The standard InChI is InChI=1S/C11H10ClN5/c1-6-11(12)7(2)17(16-6)10-4-3-8(14)9(5-13)15-10/h3-4H,14H2,1-2H3. The molecule has 0 atom stereocenters. The number of nitriles is 1. The van der Waals surface area contributed by atoms with Crippen LogP contribution in [0.2, 0.25) is 5.02 Å². The number of anilines is 1. The van der Waals surface area contributed by atoms with Gasteiger partial charge in [-0.2, -0.15) is 10.4 Å². The zero-order valence-corrected chi connectivity index (χ0v) is 10.2. The number of hydrogen-bond donors (Lipinski definition) is 1. The number of aryl methyl sites for hydroxylation is 1. The Balaban J connectivity index is 2.62. The lowest BCUT2D eigenvalue weighted by molar-refractivity contribution is 0.805. The molecule has 2 rings (SSSR count). The highest BCUT2D eigenvalue weighted by Gasteiger charge is 2.12. The largest absolute Gasteiger partial charge is 0.396 e. The Hall–Kier alpha value is -2.06. The zero-order chi connectivity index (χ0) is 12.6. The summed E-state index contributed by atoms with van der Waals surface area (Å²) in [6, 6.07) is 5.27. The summed E-state index contributed by atoms with van der Waals surface area (Å²) in [6.45, 7) is 3.65. The van der Waals surface area contributed by atoms with Crippen molar-refractivity contribution in [3.63, 3.8) is 0 Å². The van der Waals surface area contributed by atoms with Crippen LogP contribution in [0.1, 0.15) is 17.1 Å². The molecular formula is C11H10ClN5. The maximum atomic E-state index is 8.87. The maximum absolute atomic E-state index is 8.87. The molecule has 86 valence electrons. The van der Waals surface area contributed by atoms with Gasteiger partial charge in [0.15, 0.2) is 11.5 Å². The highest BCUT2D eigenvalue weighted by molar-refractivity contribution is 6.31. The molecule has 0 saturated carbocycles. The van der Waals surface area contributed by atoms with Gasteiger partial charge in [0.05, 0.1) is 22.1 Å². The van der Waals surface area contributed by atoms with Crippen LogP contribution in [0, 0.1) is 25.2 Å². The van der Waals surface area contributed by atoms with E-state index in [1.807, 2.05) is 19.9 Å². The average molecular weight is 248 g/mol. The lowest BCUT2D eigenvalue weighted by atomic mass is 10.3. The van der Waals surface area contributed by atoms with E-state index in [-0.39, 0.29) is 5.69 Å². The van der Waals surface area contributed by atoms with E-state index in [0.717, 1.165) is 11.4 Å². The third-order valence-electron chi connectivity index (χ3n) is 2.44. The summed E-state index contributed by atoms with van der Waals surface area (Å²) in [5.74, 6) is 0.531.